The molecule has 0 aliphatic heterocycles. The molecule has 1 unspecified atom stereocenters. The van der Waals surface area contributed by atoms with Gasteiger partial charge in [-0.2, -0.15) is 0 Å². The van der Waals surface area contributed by atoms with Crippen LogP contribution in [0.5, 0.6) is 0 Å². The summed E-state index contributed by atoms with van der Waals surface area (Å²) >= 11 is 9.01. The zero-order valence-electron chi connectivity index (χ0n) is 11.1. The maximum absolute atomic E-state index is 11.9. The molecule has 1 amide bonds. The van der Waals surface area contributed by atoms with Crippen LogP contribution in [-0.2, 0) is 10.5 Å². The van der Waals surface area contributed by atoms with Crippen LogP contribution >= 0.6 is 34.7 Å². The molecule has 2 aromatic rings. The Morgan fingerprint density at radius 1 is 1.60 bits per heavy atom. The van der Waals surface area contributed by atoms with E-state index >= 15 is 0 Å². The number of thiophene rings is 1. The van der Waals surface area contributed by atoms with E-state index in [0.29, 0.717) is 5.75 Å². The summed E-state index contributed by atoms with van der Waals surface area (Å²) in [7, 11) is 0. The molecule has 7 heteroatoms. The maximum Gasteiger partial charge on any atom is 0.230 e. The lowest BCUT2D eigenvalue weighted by Gasteiger charge is -2.14. The molecule has 0 radical (unpaired) electrons. The number of hydrogen-bond donors (Lipinski definition) is 2. The summed E-state index contributed by atoms with van der Waals surface area (Å²) in [6.45, 7) is 2.02. The highest BCUT2D eigenvalue weighted by Crippen LogP contribution is 2.25. The second-order valence-electron chi connectivity index (χ2n) is 4.20. The molecule has 0 bridgehead atoms. The van der Waals surface area contributed by atoms with Crippen molar-refractivity contribution in [3.8, 4) is 0 Å². The fraction of sp³-hybridized carbons (Fsp3) is 0.385. The number of aromatic amines is 1. The number of carbonyl (C=O) groups excluding carboxylic acids is 1. The van der Waals surface area contributed by atoms with Crippen molar-refractivity contribution in [1.29, 1.82) is 0 Å². The van der Waals surface area contributed by atoms with Crippen LogP contribution in [0.1, 0.15) is 30.1 Å². The lowest BCUT2D eigenvalue weighted by Crippen LogP contribution is -2.30. The third kappa shape index (κ3) is 4.54. The summed E-state index contributed by atoms with van der Waals surface area (Å²) in [5, 5.41) is 2.98. The second-order valence-corrected chi connectivity index (χ2v) is 6.99. The van der Waals surface area contributed by atoms with Crippen LogP contribution < -0.4 is 5.32 Å². The van der Waals surface area contributed by atoms with Crippen LogP contribution in [0.4, 0.5) is 0 Å². The van der Waals surface area contributed by atoms with E-state index in [1.807, 2.05) is 19.1 Å². The number of halogens is 1. The molecule has 0 aliphatic carbocycles. The van der Waals surface area contributed by atoms with Gasteiger partial charge >= 0.3 is 0 Å². The molecule has 2 N–H and O–H groups in total. The van der Waals surface area contributed by atoms with Gasteiger partial charge in [-0.15, -0.1) is 23.1 Å². The van der Waals surface area contributed by atoms with Gasteiger partial charge in [-0.3, -0.25) is 4.79 Å². The van der Waals surface area contributed by atoms with Crippen molar-refractivity contribution in [2.24, 2.45) is 0 Å². The van der Waals surface area contributed by atoms with Gasteiger partial charge in [0.2, 0.25) is 5.91 Å². The SMILES string of the molecule is CCC(NC(=O)CSCc1ccc(Cl)s1)c1ncc[nH]1. The average molecular weight is 330 g/mol. The largest absolute Gasteiger partial charge is 0.347 e. The first-order valence-electron chi connectivity index (χ1n) is 6.29. The molecule has 2 aromatic heterocycles. The third-order valence-corrected chi connectivity index (χ3v) is 5.09. The molecule has 0 spiro atoms. The van der Waals surface area contributed by atoms with Crippen LogP contribution in [0.3, 0.4) is 0 Å². The molecular weight excluding hydrogens is 314 g/mol. The quantitative estimate of drug-likeness (QED) is 0.815. The van der Waals surface area contributed by atoms with E-state index in [2.05, 4.69) is 15.3 Å². The molecule has 2 heterocycles. The number of amides is 1. The van der Waals surface area contributed by atoms with Crippen molar-refractivity contribution in [3.63, 3.8) is 0 Å². The number of nitrogens with one attached hydrogen (secondary N) is 2. The Kier molecular flexibility index (Phi) is 5.94. The second kappa shape index (κ2) is 7.71. The van der Waals surface area contributed by atoms with E-state index in [-0.39, 0.29) is 11.9 Å². The highest BCUT2D eigenvalue weighted by Gasteiger charge is 2.14. The van der Waals surface area contributed by atoms with Crippen molar-refractivity contribution >= 4 is 40.6 Å². The van der Waals surface area contributed by atoms with E-state index in [0.717, 1.165) is 22.3 Å². The Hall–Kier alpha value is -0.980. The molecule has 0 fully saturated rings. The zero-order valence-corrected chi connectivity index (χ0v) is 13.4. The minimum absolute atomic E-state index is 0.0286. The Bertz CT molecular complexity index is 542. The predicted molar refractivity (Wildman–Crippen MR) is 85.3 cm³/mol. The smallest absolute Gasteiger partial charge is 0.230 e. The summed E-state index contributed by atoms with van der Waals surface area (Å²) in [5.41, 5.74) is 0. The number of rotatable bonds is 7. The van der Waals surface area contributed by atoms with Crippen LogP contribution in [0, 0.1) is 0 Å². The predicted octanol–water partition coefficient (Wildman–Crippen LogP) is 3.63. The highest BCUT2D eigenvalue weighted by atomic mass is 35.5. The van der Waals surface area contributed by atoms with Crippen molar-refractivity contribution < 1.29 is 4.79 Å². The fourth-order valence-corrected chi connectivity index (χ4v) is 3.78. The minimum atomic E-state index is -0.0470. The standard InChI is InChI=1S/C13H16ClN3OS2/c1-2-10(13-15-5-6-16-13)17-12(18)8-19-7-9-3-4-11(14)20-9/h3-6,10H,2,7-8H2,1H3,(H,15,16)(H,17,18). The maximum atomic E-state index is 11.9. The molecule has 4 nitrogen and oxygen atoms in total. The number of hydrogen-bond acceptors (Lipinski definition) is 4. The van der Waals surface area contributed by atoms with Crippen molar-refractivity contribution in [2.45, 2.75) is 25.1 Å². The minimum Gasteiger partial charge on any atom is -0.347 e. The number of aromatic nitrogens is 2. The van der Waals surface area contributed by atoms with Crippen LogP contribution in [0.25, 0.3) is 0 Å². The summed E-state index contributed by atoms with van der Waals surface area (Å²) < 4.78 is 0.786. The van der Waals surface area contributed by atoms with E-state index < -0.39 is 0 Å². The van der Waals surface area contributed by atoms with E-state index in [9.17, 15) is 4.79 Å². The van der Waals surface area contributed by atoms with Gasteiger partial charge in [-0.25, -0.2) is 4.98 Å². The van der Waals surface area contributed by atoms with Crippen LogP contribution in [-0.4, -0.2) is 21.6 Å². The molecule has 20 heavy (non-hydrogen) atoms. The molecule has 0 aliphatic rings. The first-order valence-corrected chi connectivity index (χ1v) is 8.64. The van der Waals surface area contributed by atoms with Crippen LogP contribution in [0.15, 0.2) is 24.5 Å². The Labute approximate surface area is 131 Å². The fourth-order valence-electron chi connectivity index (χ4n) is 1.74. The molecule has 0 saturated carbocycles. The summed E-state index contributed by atoms with van der Waals surface area (Å²) in [6.07, 6.45) is 4.27. The Balaban J connectivity index is 1.74. The number of carbonyl (C=O) groups is 1. The van der Waals surface area contributed by atoms with Gasteiger partial charge in [-0.05, 0) is 18.6 Å². The topological polar surface area (TPSA) is 57.8 Å². The first-order chi connectivity index (χ1) is 9.69. The van der Waals surface area contributed by atoms with Gasteiger partial charge < -0.3 is 10.3 Å². The molecule has 108 valence electrons. The van der Waals surface area contributed by atoms with Gasteiger partial charge in [0.25, 0.3) is 0 Å². The average Bonchev–Trinajstić information content (AvgIpc) is 3.08. The van der Waals surface area contributed by atoms with Gasteiger partial charge in [0.15, 0.2) is 0 Å². The Morgan fingerprint density at radius 3 is 3.05 bits per heavy atom. The summed E-state index contributed by atoms with van der Waals surface area (Å²) in [6, 6.07) is 3.83. The third-order valence-electron chi connectivity index (χ3n) is 2.70. The van der Waals surface area contributed by atoms with Gasteiger partial charge in [-0.1, -0.05) is 18.5 Å². The zero-order chi connectivity index (χ0) is 14.4. The van der Waals surface area contributed by atoms with Gasteiger partial charge in [0.05, 0.1) is 16.1 Å². The molecule has 2 rings (SSSR count). The number of H-pyrrole nitrogens is 1. The lowest BCUT2D eigenvalue weighted by molar-refractivity contribution is -0.119. The van der Waals surface area contributed by atoms with Crippen molar-refractivity contribution in [3.05, 3.63) is 39.6 Å². The van der Waals surface area contributed by atoms with Crippen molar-refractivity contribution in [2.75, 3.05) is 5.75 Å². The first kappa shape index (κ1) is 15.4. The molecule has 0 saturated heterocycles. The molecule has 0 aromatic carbocycles. The van der Waals surface area contributed by atoms with E-state index in [4.69, 9.17) is 11.6 Å². The van der Waals surface area contributed by atoms with Gasteiger partial charge in [0.1, 0.15) is 5.82 Å². The normalized spacial score (nSPS) is 12.3. The van der Waals surface area contributed by atoms with E-state index in [1.54, 1.807) is 35.5 Å². The number of nitrogens with zero attached hydrogens (tertiary/aromatic N) is 1. The highest BCUT2D eigenvalue weighted by molar-refractivity contribution is 7.99. The molecular formula is C13H16ClN3OS2. The summed E-state index contributed by atoms with van der Waals surface area (Å²) in [5.74, 6) is 2.08. The Morgan fingerprint density at radius 2 is 2.45 bits per heavy atom. The number of thioether (sulfide) groups is 1. The van der Waals surface area contributed by atoms with Crippen molar-refractivity contribution in [1.82, 2.24) is 15.3 Å². The molecule has 1 atom stereocenters. The lowest BCUT2D eigenvalue weighted by atomic mass is 10.2. The van der Waals surface area contributed by atoms with Crippen LogP contribution in [0.2, 0.25) is 4.34 Å². The summed E-state index contributed by atoms with van der Waals surface area (Å²) in [4.78, 5) is 20.3. The number of imidazole rings is 1. The van der Waals surface area contributed by atoms with Gasteiger partial charge in [0, 0.05) is 23.0 Å². The monoisotopic (exact) mass is 329 g/mol. The van der Waals surface area contributed by atoms with E-state index in [1.165, 1.54) is 4.88 Å².